The molecule has 1 rings (SSSR count). The molecule has 0 fully saturated rings. The molecule has 0 amide bonds. The average Bonchev–Trinajstić information content (AvgIpc) is 2.34. The van der Waals surface area contributed by atoms with Crippen molar-refractivity contribution >= 4 is 5.97 Å². The Hall–Kier alpha value is -1.59. The third kappa shape index (κ3) is 4.22. The van der Waals surface area contributed by atoms with Crippen molar-refractivity contribution in [2.24, 2.45) is 0 Å². The number of hydrogen-bond acceptors (Lipinski definition) is 4. The molecule has 0 bridgehead atoms. The molecule has 0 aliphatic heterocycles. The first-order valence-corrected chi connectivity index (χ1v) is 6.05. The summed E-state index contributed by atoms with van der Waals surface area (Å²) in [6.07, 6.45) is -0.985. The minimum atomic E-state index is -1.03. The molecule has 1 aromatic carbocycles. The lowest BCUT2D eigenvalue weighted by Gasteiger charge is -2.23. The second kappa shape index (κ2) is 6.04. The maximum atomic E-state index is 11.0. The van der Waals surface area contributed by atoms with Gasteiger partial charge in [0.15, 0.2) is 0 Å². The molecule has 0 aromatic heterocycles. The van der Waals surface area contributed by atoms with Gasteiger partial charge in [-0.2, -0.15) is 0 Å². The Morgan fingerprint density at radius 2 is 2.00 bits per heavy atom. The Morgan fingerprint density at radius 3 is 2.47 bits per heavy atom. The van der Waals surface area contributed by atoms with E-state index in [2.05, 4.69) is 0 Å². The minimum absolute atomic E-state index is 0.0807. The van der Waals surface area contributed by atoms with Crippen molar-refractivity contribution in [3.05, 3.63) is 29.3 Å². The molecule has 0 saturated carbocycles. The number of ether oxygens (including phenoxy) is 1. The first-order chi connectivity index (χ1) is 8.75. The zero-order valence-electron chi connectivity index (χ0n) is 11.4. The van der Waals surface area contributed by atoms with Crippen LogP contribution < -0.4 is 4.74 Å². The van der Waals surface area contributed by atoms with Crippen molar-refractivity contribution in [2.75, 3.05) is 13.2 Å². The van der Waals surface area contributed by atoms with Crippen molar-refractivity contribution in [1.29, 1.82) is 0 Å². The summed E-state index contributed by atoms with van der Waals surface area (Å²) >= 11 is 0. The van der Waals surface area contributed by atoms with E-state index < -0.39 is 18.7 Å². The highest BCUT2D eigenvalue weighted by Gasteiger charge is 2.21. The lowest BCUT2D eigenvalue weighted by Crippen LogP contribution is -2.23. The maximum absolute atomic E-state index is 11.0. The number of aliphatic hydroxyl groups is 2. The lowest BCUT2D eigenvalue weighted by atomic mass is 9.86. The molecular weight excluding hydrogens is 248 g/mol. The zero-order chi connectivity index (χ0) is 14.6. The molecule has 5 nitrogen and oxygen atoms in total. The van der Waals surface area contributed by atoms with Crippen LogP contribution in [-0.4, -0.2) is 40.6 Å². The van der Waals surface area contributed by atoms with Gasteiger partial charge in [0.05, 0.1) is 12.2 Å². The van der Waals surface area contributed by atoms with Crippen molar-refractivity contribution in [2.45, 2.75) is 32.3 Å². The van der Waals surface area contributed by atoms with E-state index >= 15 is 0 Å². The third-order valence-electron chi connectivity index (χ3n) is 2.68. The summed E-state index contributed by atoms with van der Waals surface area (Å²) in [6, 6.07) is 4.68. The highest BCUT2D eigenvalue weighted by molar-refractivity contribution is 5.88. The summed E-state index contributed by atoms with van der Waals surface area (Å²) in [7, 11) is 0. The van der Waals surface area contributed by atoms with Crippen LogP contribution in [0.1, 0.15) is 36.7 Å². The zero-order valence-corrected chi connectivity index (χ0v) is 11.4. The minimum Gasteiger partial charge on any atom is -0.490 e. The number of carboxylic acid groups (broad SMARTS) is 1. The molecule has 0 spiro atoms. The van der Waals surface area contributed by atoms with E-state index in [4.69, 9.17) is 14.9 Å². The van der Waals surface area contributed by atoms with E-state index in [9.17, 15) is 9.90 Å². The second-order valence-corrected chi connectivity index (χ2v) is 5.41. The van der Waals surface area contributed by atoms with E-state index in [0.717, 1.165) is 5.56 Å². The molecule has 5 heteroatoms. The fraction of sp³-hybridized carbons (Fsp3) is 0.500. The molecule has 1 atom stereocenters. The number of aliphatic hydroxyl groups excluding tert-OH is 2. The monoisotopic (exact) mass is 268 g/mol. The van der Waals surface area contributed by atoms with Gasteiger partial charge in [-0.15, -0.1) is 0 Å². The highest BCUT2D eigenvalue weighted by atomic mass is 16.5. The van der Waals surface area contributed by atoms with Crippen LogP contribution in [0.4, 0.5) is 0 Å². The van der Waals surface area contributed by atoms with Gasteiger partial charge in [0.1, 0.15) is 18.5 Å². The van der Waals surface area contributed by atoms with Gasteiger partial charge >= 0.3 is 5.97 Å². The predicted molar refractivity (Wildman–Crippen MR) is 70.7 cm³/mol. The van der Waals surface area contributed by atoms with Gasteiger partial charge in [0.25, 0.3) is 0 Å². The van der Waals surface area contributed by atoms with E-state index in [0.29, 0.717) is 5.75 Å². The molecule has 1 unspecified atom stereocenters. The smallest absolute Gasteiger partial charge is 0.335 e. The van der Waals surface area contributed by atoms with Crippen molar-refractivity contribution in [3.8, 4) is 5.75 Å². The Labute approximate surface area is 112 Å². The first kappa shape index (κ1) is 15.5. The number of rotatable bonds is 5. The molecular formula is C14H20O5. The SMILES string of the molecule is CC(C)(C)c1ccc(C(=O)O)cc1OCC(O)CO. The molecule has 3 N–H and O–H groups in total. The van der Waals surface area contributed by atoms with Crippen LogP contribution in [-0.2, 0) is 5.41 Å². The standard InChI is InChI=1S/C14H20O5/c1-14(2,3)11-5-4-9(13(17)18)6-12(11)19-8-10(16)7-15/h4-6,10,15-16H,7-8H2,1-3H3,(H,17,18). The summed E-state index contributed by atoms with van der Waals surface area (Å²) in [5, 5.41) is 27.0. The van der Waals surface area contributed by atoms with Gasteiger partial charge in [-0.1, -0.05) is 26.8 Å². The van der Waals surface area contributed by atoms with Crippen LogP contribution >= 0.6 is 0 Å². The lowest BCUT2D eigenvalue weighted by molar-refractivity contribution is 0.0528. The second-order valence-electron chi connectivity index (χ2n) is 5.41. The van der Waals surface area contributed by atoms with Gasteiger partial charge in [-0.25, -0.2) is 4.79 Å². The normalized spacial score (nSPS) is 13.1. The molecule has 0 aliphatic rings. The van der Waals surface area contributed by atoms with Crippen LogP contribution in [0, 0.1) is 0 Å². The molecule has 19 heavy (non-hydrogen) atoms. The summed E-state index contributed by atoms with van der Waals surface area (Å²) < 4.78 is 5.43. The van der Waals surface area contributed by atoms with Crippen LogP contribution in [0.15, 0.2) is 18.2 Å². The highest BCUT2D eigenvalue weighted by Crippen LogP contribution is 2.32. The Kier molecular flexibility index (Phi) is 4.91. The Bertz CT molecular complexity index is 448. The Balaban J connectivity index is 3.08. The molecule has 0 heterocycles. The fourth-order valence-corrected chi connectivity index (χ4v) is 1.63. The number of benzene rings is 1. The van der Waals surface area contributed by atoms with E-state index in [1.807, 2.05) is 20.8 Å². The van der Waals surface area contributed by atoms with Gasteiger partial charge in [0, 0.05) is 0 Å². The van der Waals surface area contributed by atoms with Crippen molar-refractivity contribution in [3.63, 3.8) is 0 Å². The number of hydrogen-bond donors (Lipinski definition) is 3. The van der Waals surface area contributed by atoms with Gasteiger partial charge < -0.3 is 20.1 Å². The number of aromatic carboxylic acids is 1. The topological polar surface area (TPSA) is 87.0 Å². The summed E-state index contributed by atoms with van der Waals surface area (Å²) in [4.78, 5) is 11.0. The molecule has 0 radical (unpaired) electrons. The summed E-state index contributed by atoms with van der Waals surface area (Å²) in [5.41, 5.74) is 0.764. The van der Waals surface area contributed by atoms with Gasteiger partial charge in [0.2, 0.25) is 0 Å². The van der Waals surface area contributed by atoms with E-state index in [-0.39, 0.29) is 17.6 Å². The molecule has 0 aliphatic carbocycles. The first-order valence-electron chi connectivity index (χ1n) is 6.05. The molecule has 0 saturated heterocycles. The van der Waals surface area contributed by atoms with Crippen LogP contribution in [0.25, 0.3) is 0 Å². The average molecular weight is 268 g/mol. The summed E-state index contributed by atoms with van der Waals surface area (Å²) in [6.45, 7) is 5.47. The quantitative estimate of drug-likeness (QED) is 0.751. The van der Waals surface area contributed by atoms with Crippen molar-refractivity contribution < 1.29 is 24.9 Å². The number of carbonyl (C=O) groups is 1. The predicted octanol–water partition coefficient (Wildman–Crippen LogP) is 1.41. The Morgan fingerprint density at radius 1 is 1.37 bits per heavy atom. The van der Waals surface area contributed by atoms with E-state index in [1.165, 1.54) is 12.1 Å². The third-order valence-corrected chi connectivity index (χ3v) is 2.68. The molecule has 106 valence electrons. The summed E-state index contributed by atoms with van der Waals surface area (Å²) in [5.74, 6) is -0.618. The largest absolute Gasteiger partial charge is 0.490 e. The van der Waals surface area contributed by atoms with Gasteiger partial charge in [-0.05, 0) is 23.1 Å². The van der Waals surface area contributed by atoms with Crippen LogP contribution in [0.3, 0.4) is 0 Å². The van der Waals surface area contributed by atoms with E-state index in [1.54, 1.807) is 6.07 Å². The van der Waals surface area contributed by atoms with Crippen LogP contribution in [0.2, 0.25) is 0 Å². The van der Waals surface area contributed by atoms with Crippen LogP contribution in [0.5, 0.6) is 5.75 Å². The maximum Gasteiger partial charge on any atom is 0.335 e. The molecule has 1 aromatic rings. The van der Waals surface area contributed by atoms with Gasteiger partial charge in [-0.3, -0.25) is 0 Å². The van der Waals surface area contributed by atoms with Crippen molar-refractivity contribution in [1.82, 2.24) is 0 Å². The fourth-order valence-electron chi connectivity index (χ4n) is 1.63. The number of carboxylic acids is 1.